The summed E-state index contributed by atoms with van der Waals surface area (Å²) in [5.74, 6) is 0. The lowest BCUT2D eigenvalue weighted by Crippen LogP contribution is -2.50. The fourth-order valence-electron chi connectivity index (χ4n) is 4.88. The monoisotopic (exact) mass is 504 g/mol. The van der Waals surface area contributed by atoms with E-state index >= 15 is 0 Å². The number of hydrogen-bond donors (Lipinski definition) is 3. The molecule has 0 unspecified atom stereocenters. The minimum absolute atomic E-state index is 0.113. The lowest BCUT2D eigenvalue weighted by molar-refractivity contribution is -0.0176. The number of halogens is 2. The Kier molecular flexibility index (Phi) is 8.59. The van der Waals surface area contributed by atoms with E-state index in [4.69, 9.17) is 23.2 Å². The molecule has 6 nitrogen and oxygen atoms in total. The van der Waals surface area contributed by atoms with Crippen molar-refractivity contribution in [1.29, 1.82) is 0 Å². The number of urea groups is 1. The van der Waals surface area contributed by atoms with Crippen LogP contribution >= 0.6 is 23.2 Å². The van der Waals surface area contributed by atoms with Gasteiger partial charge in [-0.1, -0.05) is 59.6 Å². The van der Waals surface area contributed by atoms with Crippen LogP contribution in [0, 0.1) is 0 Å². The summed E-state index contributed by atoms with van der Waals surface area (Å²) in [5, 5.41) is 18.3. The number of carbonyl (C=O) groups excluding carboxylic acids is 1. The van der Waals surface area contributed by atoms with E-state index in [1.165, 1.54) is 0 Å². The average Bonchev–Trinajstić information content (AvgIpc) is 2.86. The van der Waals surface area contributed by atoms with Crippen LogP contribution in [-0.2, 0) is 6.54 Å². The van der Waals surface area contributed by atoms with Gasteiger partial charge in [-0.2, -0.15) is 0 Å². The Morgan fingerprint density at radius 2 is 1.71 bits per heavy atom. The summed E-state index contributed by atoms with van der Waals surface area (Å²) < 4.78 is 0. The van der Waals surface area contributed by atoms with Gasteiger partial charge in [0, 0.05) is 45.3 Å². The molecule has 1 saturated carbocycles. The second-order valence-electron chi connectivity index (χ2n) is 9.46. The first-order valence-electron chi connectivity index (χ1n) is 12.1. The van der Waals surface area contributed by atoms with Gasteiger partial charge in [0.05, 0.1) is 21.3 Å². The van der Waals surface area contributed by atoms with Crippen molar-refractivity contribution in [2.24, 2.45) is 0 Å². The van der Waals surface area contributed by atoms with E-state index < -0.39 is 5.60 Å². The fourth-order valence-corrected chi connectivity index (χ4v) is 5.29. The third-order valence-corrected chi connectivity index (χ3v) is 7.89. The van der Waals surface area contributed by atoms with Crippen LogP contribution in [-0.4, -0.2) is 60.4 Å². The molecule has 4 rings (SSSR count). The van der Waals surface area contributed by atoms with Gasteiger partial charge in [-0.3, -0.25) is 4.90 Å². The van der Waals surface area contributed by atoms with Crippen molar-refractivity contribution in [3.05, 3.63) is 64.1 Å². The highest BCUT2D eigenvalue weighted by Gasteiger charge is 2.34. The Bertz CT molecular complexity index is 943. The Morgan fingerprint density at radius 3 is 2.41 bits per heavy atom. The number of benzene rings is 2. The van der Waals surface area contributed by atoms with Crippen LogP contribution < -0.4 is 15.5 Å². The molecule has 34 heavy (non-hydrogen) atoms. The first-order valence-corrected chi connectivity index (χ1v) is 12.9. The molecule has 2 fully saturated rings. The van der Waals surface area contributed by atoms with Crippen molar-refractivity contribution in [3.63, 3.8) is 0 Å². The number of anilines is 1. The summed E-state index contributed by atoms with van der Waals surface area (Å²) in [6.45, 7) is 5.05. The van der Waals surface area contributed by atoms with Crippen LogP contribution in [0.2, 0.25) is 10.0 Å². The van der Waals surface area contributed by atoms with E-state index in [1.807, 2.05) is 48.5 Å². The molecular formula is C26H34Cl2N4O2. The molecule has 1 heterocycles. The Morgan fingerprint density at radius 1 is 1.00 bits per heavy atom. The molecule has 2 aliphatic rings. The van der Waals surface area contributed by atoms with Gasteiger partial charge in [0.25, 0.3) is 0 Å². The summed E-state index contributed by atoms with van der Waals surface area (Å²) in [4.78, 5) is 16.9. The molecule has 0 spiro atoms. The first-order chi connectivity index (χ1) is 16.4. The summed E-state index contributed by atoms with van der Waals surface area (Å²) in [5.41, 5.74) is 1.42. The summed E-state index contributed by atoms with van der Waals surface area (Å²) in [6.07, 6.45) is 3.80. The Balaban J connectivity index is 1.15. The molecule has 1 aliphatic carbocycles. The van der Waals surface area contributed by atoms with Gasteiger partial charge in [-0.25, -0.2) is 4.79 Å². The number of amides is 2. The highest BCUT2D eigenvalue weighted by molar-refractivity contribution is 6.43. The lowest BCUT2D eigenvalue weighted by Gasteiger charge is -2.40. The zero-order chi connectivity index (χ0) is 24.0. The van der Waals surface area contributed by atoms with E-state index in [9.17, 15) is 9.90 Å². The summed E-state index contributed by atoms with van der Waals surface area (Å²) in [6, 6.07) is 15.6. The van der Waals surface area contributed by atoms with Crippen LogP contribution in [0.3, 0.4) is 0 Å². The predicted molar refractivity (Wildman–Crippen MR) is 139 cm³/mol. The van der Waals surface area contributed by atoms with Crippen LogP contribution in [0.25, 0.3) is 0 Å². The van der Waals surface area contributed by atoms with Gasteiger partial charge >= 0.3 is 6.03 Å². The molecule has 184 valence electrons. The molecule has 3 N–H and O–H groups in total. The molecular weight excluding hydrogens is 471 g/mol. The van der Waals surface area contributed by atoms with Crippen molar-refractivity contribution < 1.29 is 9.90 Å². The van der Waals surface area contributed by atoms with Crippen molar-refractivity contribution in [1.82, 2.24) is 15.5 Å². The van der Waals surface area contributed by atoms with Crippen molar-refractivity contribution >= 4 is 34.9 Å². The molecule has 2 aromatic carbocycles. The van der Waals surface area contributed by atoms with Crippen molar-refractivity contribution in [2.75, 3.05) is 37.6 Å². The molecule has 0 radical (unpaired) electrons. The van der Waals surface area contributed by atoms with E-state index in [0.717, 1.165) is 63.2 Å². The molecule has 0 bridgehead atoms. The topological polar surface area (TPSA) is 67.8 Å². The molecule has 8 heteroatoms. The minimum Gasteiger partial charge on any atom is -0.390 e. The van der Waals surface area contributed by atoms with Gasteiger partial charge in [0.15, 0.2) is 0 Å². The number of nitrogens with zero attached hydrogens (tertiary/aromatic N) is 2. The second-order valence-corrected chi connectivity index (χ2v) is 10.2. The number of rotatable bonds is 7. The smallest absolute Gasteiger partial charge is 0.315 e. The van der Waals surface area contributed by atoms with Crippen LogP contribution in [0.1, 0.15) is 37.7 Å². The summed E-state index contributed by atoms with van der Waals surface area (Å²) in [7, 11) is 0. The number of aliphatic hydroxyl groups is 1. The fraction of sp³-hybridized carbons (Fsp3) is 0.500. The quantitative estimate of drug-likeness (QED) is 0.512. The van der Waals surface area contributed by atoms with E-state index in [0.29, 0.717) is 29.4 Å². The van der Waals surface area contributed by atoms with E-state index in [-0.39, 0.29) is 12.1 Å². The largest absolute Gasteiger partial charge is 0.390 e. The maximum Gasteiger partial charge on any atom is 0.315 e. The highest BCUT2D eigenvalue weighted by atomic mass is 35.5. The maximum absolute atomic E-state index is 12.2. The van der Waals surface area contributed by atoms with E-state index in [1.54, 1.807) is 0 Å². The number of piperazine rings is 1. The third kappa shape index (κ3) is 6.79. The molecule has 2 amide bonds. The van der Waals surface area contributed by atoms with Crippen LogP contribution in [0.4, 0.5) is 10.5 Å². The summed E-state index contributed by atoms with van der Waals surface area (Å²) >= 11 is 12.6. The molecule has 2 aromatic rings. The van der Waals surface area contributed by atoms with Crippen LogP contribution in [0.5, 0.6) is 0 Å². The number of hydrogen-bond acceptors (Lipinski definition) is 4. The Hall–Kier alpha value is -1.99. The maximum atomic E-state index is 12.2. The molecule has 0 aromatic heterocycles. The first kappa shape index (κ1) is 25.1. The lowest BCUT2D eigenvalue weighted by atomic mass is 9.80. The van der Waals surface area contributed by atoms with Crippen molar-refractivity contribution in [2.45, 2.75) is 50.3 Å². The van der Waals surface area contributed by atoms with Gasteiger partial charge in [0.2, 0.25) is 0 Å². The number of nitrogens with one attached hydrogen (secondary N) is 2. The Labute approximate surface area is 212 Å². The molecule has 0 atom stereocenters. The van der Waals surface area contributed by atoms with Gasteiger partial charge < -0.3 is 20.6 Å². The zero-order valence-corrected chi connectivity index (χ0v) is 21.0. The van der Waals surface area contributed by atoms with Gasteiger partial charge in [0.1, 0.15) is 0 Å². The van der Waals surface area contributed by atoms with Gasteiger partial charge in [-0.05, 0) is 49.8 Å². The SMILES string of the molecule is O=C(NCc1ccccc1)NC1CCC(O)(CCN2CCN(c3cccc(Cl)c3Cl)CC2)CC1. The molecule has 1 aliphatic heterocycles. The predicted octanol–water partition coefficient (Wildman–Crippen LogP) is 4.68. The average molecular weight is 505 g/mol. The second kappa shape index (κ2) is 11.6. The van der Waals surface area contributed by atoms with E-state index in [2.05, 4.69) is 20.4 Å². The van der Waals surface area contributed by atoms with Crippen molar-refractivity contribution in [3.8, 4) is 0 Å². The third-order valence-electron chi connectivity index (χ3n) is 7.09. The standard InChI is InChI=1S/C26H34Cl2N4O2/c27-22-7-4-8-23(24(22)28)32-17-15-31(16-18-32)14-13-26(34)11-9-21(10-12-26)30-25(33)29-19-20-5-2-1-3-6-20/h1-8,21,34H,9-19H2,(H2,29,30,33). The minimum atomic E-state index is -0.647. The normalized spacial score (nSPS) is 23.5. The number of carbonyl (C=O) groups is 1. The molecule has 1 saturated heterocycles. The highest BCUT2D eigenvalue weighted by Crippen LogP contribution is 2.34. The van der Waals surface area contributed by atoms with Crippen LogP contribution in [0.15, 0.2) is 48.5 Å². The van der Waals surface area contributed by atoms with Gasteiger partial charge in [-0.15, -0.1) is 0 Å². The zero-order valence-electron chi connectivity index (χ0n) is 19.5.